The van der Waals surface area contributed by atoms with E-state index in [0.29, 0.717) is 10.6 Å². The molecule has 2 aromatic carbocycles. The second-order valence-corrected chi connectivity index (χ2v) is 4.96. The molecule has 0 aliphatic rings. The largest absolute Gasteiger partial charge is 0.375 e. The molecule has 0 radical (unpaired) electrons. The van der Waals surface area contributed by atoms with Crippen molar-refractivity contribution < 1.29 is 18.3 Å². The van der Waals surface area contributed by atoms with Gasteiger partial charge in [0.05, 0.1) is 0 Å². The SMILES string of the molecule is CO[C@@H](CNC(=O)c1c(F)cccc1F)c1ccccc1Cl. The lowest BCUT2D eigenvalue weighted by atomic mass is 10.1. The molecule has 0 heterocycles. The standard InChI is InChI=1S/C16H14ClF2NO2/c1-22-14(10-5-2-3-6-11(10)17)9-20-16(21)15-12(18)7-4-8-13(15)19/h2-8,14H,9H2,1H3,(H,20,21)/t14-/m0/s1. The van der Waals surface area contributed by atoms with Crippen LogP contribution in [0.25, 0.3) is 0 Å². The summed E-state index contributed by atoms with van der Waals surface area (Å²) in [4.78, 5) is 11.9. The van der Waals surface area contributed by atoms with Crippen molar-refractivity contribution in [2.75, 3.05) is 13.7 Å². The number of halogens is 3. The van der Waals surface area contributed by atoms with Gasteiger partial charge in [-0.05, 0) is 18.2 Å². The van der Waals surface area contributed by atoms with Crippen LogP contribution in [0.2, 0.25) is 5.02 Å². The van der Waals surface area contributed by atoms with Gasteiger partial charge in [0.15, 0.2) is 0 Å². The molecule has 2 aromatic rings. The summed E-state index contributed by atoms with van der Waals surface area (Å²) in [5, 5.41) is 2.94. The van der Waals surface area contributed by atoms with Gasteiger partial charge >= 0.3 is 0 Å². The Morgan fingerprint density at radius 1 is 1.18 bits per heavy atom. The van der Waals surface area contributed by atoms with E-state index in [1.807, 2.05) is 0 Å². The number of amides is 1. The first kappa shape index (κ1) is 16.4. The number of ether oxygens (including phenoxy) is 1. The van der Waals surface area contributed by atoms with Crippen molar-refractivity contribution in [3.8, 4) is 0 Å². The summed E-state index contributed by atoms with van der Waals surface area (Å²) >= 11 is 6.07. The Kier molecular flexibility index (Phi) is 5.46. The van der Waals surface area contributed by atoms with Crippen LogP contribution in [0.3, 0.4) is 0 Å². The molecule has 0 saturated carbocycles. The molecule has 0 bridgehead atoms. The van der Waals surface area contributed by atoms with Crippen molar-refractivity contribution in [3.63, 3.8) is 0 Å². The van der Waals surface area contributed by atoms with Crippen LogP contribution in [-0.2, 0) is 4.74 Å². The number of methoxy groups -OCH3 is 1. The van der Waals surface area contributed by atoms with Crippen molar-refractivity contribution in [3.05, 3.63) is 70.2 Å². The molecule has 2 rings (SSSR count). The van der Waals surface area contributed by atoms with E-state index < -0.39 is 29.2 Å². The van der Waals surface area contributed by atoms with Crippen LogP contribution >= 0.6 is 11.6 Å². The highest BCUT2D eigenvalue weighted by atomic mass is 35.5. The number of hydrogen-bond acceptors (Lipinski definition) is 2. The summed E-state index contributed by atoms with van der Waals surface area (Å²) in [6.07, 6.45) is -0.521. The Morgan fingerprint density at radius 2 is 1.82 bits per heavy atom. The molecule has 0 aliphatic heterocycles. The minimum absolute atomic E-state index is 0.0346. The van der Waals surface area contributed by atoms with Gasteiger partial charge in [0.25, 0.3) is 5.91 Å². The molecular formula is C16H14ClF2NO2. The molecule has 0 saturated heterocycles. The average molecular weight is 326 g/mol. The van der Waals surface area contributed by atoms with E-state index in [1.165, 1.54) is 13.2 Å². The Labute approximate surface area is 131 Å². The fourth-order valence-electron chi connectivity index (χ4n) is 2.04. The highest BCUT2D eigenvalue weighted by Crippen LogP contribution is 2.24. The van der Waals surface area contributed by atoms with Crippen LogP contribution in [0.4, 0.5) is 8.78 Å². The van der Waals surface area contributed by atoms with Crippen molar-refractivity contribution >= 4 is 17.5 Å². The molecule has 1 N–H and O–H groups in total. The average Bonchev–Trinajstić information content (AvgIpc) is 2.49. The maximum Gasteiger partial charge on any atom is 0.257 e. The first-order valence-corrected chi connectivity index (χ1v) is 6.91. The smallest absolute Gasteiger partial charge is 0.257 e. The Hall–Kier alpha value is -1.98. The zero-order valence-corrected chi connectivity index (χ0v) is 12.5. The topological polar surface area (TPSA) is 38.3 Å². The van der Waals surface area contributed by atoms with E-state index in [-0.39, 0.29) is 6.54 Å². The van der Waals surface area contributed by atoms with Crippen LogP contribution in [0.5, 0.6) is 0 Å². The number of rotatable bonds is 5. The number of carbonyl (C=O) groups excluding carboxylic acids is 1. The van der Waals surface area contributed by atoms with Crippen LogP contribution in [0.1, 0.15) is 22.0 Å². The monoisotopic (exact) mass is 325 g/mol. The summed E-state index contributed by atoms with van der Waals surface area (Å²) < 4.78 is 32.4. The third kappa shape index (κ3) is 3.61. The third-order valence-corrected chi connectivity index (χ3v) is 3.52. The van der Waals surface area contributed by atoms with Gasteiger partial charge in [-0.25, -0.2) is 8.78 Å². The van der Waals surface area contributed by atoms with Gasteiger partial charge in [0, 0.05) is 24.2 Å². The van der Waals surface area contributed by atoms with Gasteiger partial charge in [-0.15, -0.1) is 0 Å². The van der Waals surface area contributed by atoms with E-state index in [1.54, 1.807) is 24.3 Å². The zero-order chi connectivity index (χ0) is 16.1. The second kappa shape index (κ2) is 7.33. The van der Waals surface area contributed by atoms with E-state index in [9.17, 15) is 13.6 Å². The highest BCUT2D eigenvalue weighted by Gasteiger charge is 2.19. The maximum absolute atomic E-state index is 13.5. The lowest BCUT2D eigenvalue weighted by Gasteiger charge is -2.18. The number of nitrogens with one attached hydrogen (secondary N) is 1. The highest BCUT2D eigenvalue weighted by molar-refractivity contribution is 6.31. The fraction of sp³-hybridized carbons (Fsp3) is 0.188. The summed E-state index contributed by atoms with van der Waals surface area (Å²) in [6.45, 7) is 0.0346. The lowest BCUT2D eigenvalue weighted by molar-refractivity contribution is 0.0822. The molecular weight excluding hydrogens is 312 g/mol. The van der Waals surface area contributed by atoms with Gasteiger partial charge in [0.2, 0.25) is 0 Å². The van der Waals surface area contributed by atoms with Gasteiger partial charge < -0.3 is 10.1 Å². The van der Waals surface area contributed by atoms with Gasteiger partial charge in [-0.1, -0.05) is 35.9 Å². The molecule has 22 heavy (non-hydrogen) atoms. The molecule has 0 spiro atoms. The summed E-state index contributed by atoms with van der Waals surface area (Å²) in [7, 11) is 1.46. The molecule has 1 amide bonds. The molecule has 1 atom stereocenters. The minimum atomic E-state index is -0.913. The van der Waals surface area contributed by atoms with Gasteiger partial charge in [-0.3, -0.25) is 4.79 Å². The summed E-state index contributed by atoms with van der Waals surface area (Å²) in [6, 6.07) is 10.3. The van der Waals surface area contributed by atoms with E-state index >= 15 is 0 Å². The predicted octanol–water partition coefficient (Wildman–Crippen LogP) is 3.74. The zero-order valence-electron chi connectivity index (χ0n) is 11.8. The maximum atomic E-state index is 13.5. The number of benzene rings is 2. The first-order chi connectivity index (χ1) is 10.5. The first-order valence-electron chi connectivity index (χ1n) is 6.54. The van der Waals surface area contributed by atoms with Crippen molar-refractivity contribution in [1.29, 1.82) is 0 Å². The number of hydrogen-bond donors (Lipinski definition) is 1. The van der Waals surface area contributed by atoms with Crippen LogP contribution in [0.15, 0.2) is 42.5 Å². The van der Waals surface area contributed by atoms with E-state index in [2.05, 4.69) is 5.32 Å². The van der Waals surface area contributed by atoms with Crippen molar-refractivity contribution in [1.82, 2.24) is 5.32 Å². The van der Waals surface area contributed by atoms with Crippen LogP contribution in [-0.4, -0.2) is 19.6 Å². The molecule has 0 fully saturated rings. The second-order valence-electron chi connectivity index (χ2n) is 4.55. The molecule has 3 nitrogen and oxygen atoms in total. The Morgan fingerprint density at radius 3 is 2.41 bits per heavy atom. The van der Waals surface area contributed by atoms with Crippen molar-refractivity contribution in [2.45, 2.75) is 6.10 Å². The van der Waals surface area contributed by atoms with Gasteiger partial charge in [-0.2, -0.15) is 0 Å². The molecule has 6 heteroatoms. The predicted molar refractivity (Wildman–Crippen MR) is 79.9 cm³/mol. The summed E-state index contributed by atoms with van der Waals surface area (Å²) in [5.41, 5.74) is 0.0671. The van der Waals surface area contributed by atoms with Crippen molar-refractivity contribution in [2.24, 2.45) is 0 Å². The normalized spacial score (nSPS) is 12.0. The van der Waals surface area contributed by atoms with Crippen LogP contribution in [0, 0.1) is 11.6 Å². The van der Waals surface area contributed by atoms with E-state index in [0.717, 1.165) is 12.1 Å². The number of carbonyl (C=O) groups is 1. The minimum Gasteiger partial charge on any atom is -0.375 e. The molecule has 0 aromatic heterocycles. The quantitative estimate of drug-likeness (QED) is 0.909. The van der Waals surface area contributed by atoms with Crippen LogP contribution < -0.4 is 5.32 Å². The van der Waals surface area contributed by atoms with Gasteiger partial charge in [0.1, 0.15) is 23.3 Å². The molecule has 116 valence electrons. The lowest BCUT2D eigenvalue weighted by Crippen LogP contribution is -2.30. The molecule has 0 aliphatic carbocycles. The molecule has 0 unspecified atom stereocenters. The fourth-order valence-corrected chi connectivity index (χ4v) is 2.30. The summed E-state index contributed by atoms with van der Waals surface area (Å²) in [5.74, 6) is -2.67. The van der Waals surface area contributed by atoms with E-state index in [4.69, 9.17) is 16.3 Å². The Balaban J connectivity index is 2.11. The third-order valence-electron chi connectivity index (χ3n) is 3.17. The Bertz CT molecular complexity index is 659.